The number of nitrogens with one attached hydrogen (secondary N) is 3. The van der Waals surface area contributed by atoms with E-state index in [9.17, 15) is 24.9 Å². The van der Waals surface area contributed by atoms with E-state index < -0.39 is 71.4 Å². The number of aromatic nitrogens is 2. The number of ketones is 2. The molecule has 346 valence electrons. The van der Waals surface area contributed by atoms with Gasteiger partial charge in [-0.2, -0.15) is 0 Å². The molecule has 2 aromatic heterocycles. The van der Waals surface area contributed by atoms with Gasteiger partial charge in [-0.1, -0.05) is 58.3 Å². The Morgan fingerprint density at radius 1 is 1.14 bits per heavy atom. The van der Waals surface area contributed by atoms with Crippen LogP contribution in [0.3, 0.4) is 0 Å². The smallest absolute Gasteiger partial charge is 0.411 e. The highest BCUT2D eigenvalue weighted by molar-refractivity contribution is 9.09. The summed E-state index contributed by atoms with van der Waals surface area (Å²) >= 11 is 1.06. The third-order valence-electron chi connectivity index (χ3n) is 11.6. The fourth-order valence-corrected chi connectivity index (χ4v) is 12.1. The molecule has 0 saturated carbocycles. The molecule has 0 spiro atoms. The molecular formula is C45H50N4O12S4. The number of aliphatic hydroxyl groups is 2. The number of benzene rings is 1. The number of fused-ring (bicyclic) bond motifs is 5. The van der Waals surface area contributed by atoms with Crippen molar-refractivity contribution in [2.45, 2.75) is 86.2 Å². The first-order valence-electron chi connectivity index (χ1n) is 20.6. The molecule has 4 aliphatic rings. The van der Waals surface area contributed by atoms with Crippen LogP contribution in [0.4, 0.5) is 4.79 Å². The minimum atomic E-state index is -2.04. The summed E-state index contributed by atoms with van der Waals surface area (Å²) in [6, 6.07) is 6.39. The average Bonchev–Trinajstić information content (AvgIpc) is 3.67. The van der Waals surface area contributed by atoms with Crippen LogP contribution in [0.25, 0.3) is 21.8 Å². The second-order valence-electron chi connectivity index (χ2n) is 15.3. The summed E-state index contributed by atoms with van der Waals surface area (Å²) in [6.45, 7) is 4.45. The lowest BCUT2D eigenvalue weighted by Crippen LogP contribution is -2.68. The Morgan fingerprint density at radius 3 is 2.68 bits per heavy atom. The number of alkyl carbamates (subject to hydrolysis) is 1. The summed E-state index contributed by atoms with van der Waals surface area (Å²) < 4.78 is 35.4. The first kappa shape index (κ1) is 48.9. The van der Waals surface area contributed by atoms with Gasteiger partial charge in [0.25, 0.3) is 0 Å². The molecule has 6 N–H and O–H groups in total. The molecule has 10 atom stereocenters. The third-order valence-corrected chi connectivity index (χ3v) is 16.8. The number of methoxy groups -OCH3 is 2. The summed E-state index contributed by atoms with van der Waals surface area (Å²) in [5, 5.41) is 42.6. The number of hydrogen-bond donors (Lipinski definition) is 6. The van der Waals surface area contributed by atoms with Crippen molar-refractivity contribution in [3.63, 3.8) is 0 Å². The fourth-order valence-electron chi connectivity index (χ4n) is 8.60. The van der Waals surface area contributed by atoms with Gasteiger partial charge in [-0.25, -0.2) is 4.79 Å². The molecule has 2 saturated heterocycles. The van der Waals surface area contributed by atoms with Crippen LogP contribution in [0.2, 0.25) is 0 Å². The van der Waals surface area contributed by atoms with Crippen LogP contribution in [0.5, 0.6) is 5.75 Å². The predicted molar refractivity (Wildman–Crippen MR) is 252 cm³/mol. The highest BCUT2D eigenvalue weighted by Crippen LogP contribution is 2.47. The van der Waals surface area contributed by atoms with E-state index in [0.29, 0.717) is 34.1 Å². The Balaban J connectivity index is 1.35. The van der Waals surface area contributed by atoms with Crippen molar-refractivity contribution in [1.82, 2.24) is 20.6 Å². The molecule has 0 unspecified atom stereocenters. The molecule has 0 radical (unpaired) electrons. The normalized spacial score (nSPS) is 31.2. The van der Waals surface area contributed by atoms with Gasteiger partial charge in [0.05, 0.1) is 49.6 Å². The van der Waals surface area contributed by atoms with Crippen molar-refractivity contribution in [3.05, 3.63) is 71.2 Å². The Morgan fingerprint density at radius 2 is 1.94 bits per heavy atom. The lowest BCUT2D eigenvalue weighted by atomic mass is 9.75. The number of aromatic amines is 1. The number of thioether (sulfide) groups is 1. The number of amides is 1. The van der Waals surface area contributed by atoms with Gasteiger partial charge in [0, 0.05) is 52.9 Å². The van der Waals surface area contributed by atoms with E-state index >= 15 is 4.79 Å². The standard InChI is InChI=1S/C45H50N4O12S4/c1-7-46-30-23-58-34(21-33(30)56-3)61-39-41(53)45(62-5,40(52)38-36-26(15-18-47-38)27-20-25(50)13-14-29(27)48-36)24(2)59-42(39)60-32-12-10-8-9-11-17-44(55)22-31(51)37(49-43(54)57-4)35(32)28(44)16-19-64-65-63-6/h8-9,13-16,18,20,24,30,32-34,39,41-42,46,48,50,53,55H,7,19,21-23H2,1-6H3,(H,49,54)/b9-8+,28-16-/t24-,30+,32+,33+,34+,39-,41-,42+,44+,45-/m1/s1. The monoisotopic (exact) mass is 966 g/mol. The topological polar surface area (TPSA) is 220 Å². The number of pyridine rings is 1. The highest BCUT2D eigenvalue weighted by atomic mass is 33.5. The Labute approximate surface area is 391 Å². The number of likely N-dealkylation sites (N-methyl/N-ethyl adjacent to an activating group) is 1. The van der Waals surface area contributed by atoms with Crippen LogP contribution in [0.15, 0.2) is 65.5 Å². The summed E-state index contributed by atoms with van der Waals surface area (Å²) in [7, 11) is 7.23. The minimum Gasteiger partial charge on any atom is -0.508 e. The second kappa shape index (κ2) is 21.3. The number of phenolic OH excluding ortho intramolecular Hbond substituents is 1. The third kappa shape index (κ3) is 9.87. The maximum atomic E-state index is 15.3. The zero-order chi connectivity index (χ0) is 46.5. The van der Waals surface area contributed by atoms with E-state index in [4.69, 9.17) is 28.4 Å². The zero-order valence-electron chi connectivity index (χ0n) is 36.4. The quantitative estimate of drug-likeness (QED) is 0.0522. The van der Waals surface area contributed by atoms with Crippen molar-refractivity contribution in [2.75, 3.05) is 45.6 Å². The number of Topliss-reactive ketones (excluding diaryl/α,β-unsaturated/α-hetero) is 2. The van der Waals surface area contributed by atoms with Crippen LogP contribution < -0.4 is 10.6 Å². The molecule has 2 aliphatic carbocycles. The van der Waals surface area contributed by atoms with E-state index in [-0.39, 0.29) is 53.5 Å². The lowest BCUT2D eigenvalue weighted by molar-refractivity contribution is -0.322. The van der Waals surface area contributed by atoms with Gasteiger partial charge < -0.3 is 54.0 Å². The van der Waals surface area contributed by atoms with Gasteiger partial charge >= 0.3 is 6.09 Å². The first-order chi connectivity index (χ1) is 31.3. The number of hydrogen-bond acceptors (Lipinski definition) is 18. The van der Waals surface area contributed by atoms with Crippen molar-refractivity contribution >= 4 is 82.6 Å². The van der Waals surface area contributed by atoms with E-state index in [2.05, 4.69) is 44.3 Å². The number of phenols is 1. The van der Waals surface area contributed by atoms with Gasteiger partial charge in [-0.3, -0.25) is 19.9 Å². The number of rotatable bonds is 15. The largest absolute Gasteiger partial charge is 0.508 e. The number of allylic oxidation sites excluding steroid dienone is 3. The minimum absolute atomic E-state index is 0.00848. The number of aromatic hydroxyl groups is 1. The molecule has 1 amide bonds. The molecule has 16 nitrogen and oxygen atoms in total. The van der Waals surface area contributed by atoms with E-state index in [0.717, 1.165) is 18.9 Å². The molecule has 4 heterocycles. The molecule has 2 fully saturated rings. The van der Waals surface area contributed by atoms with Gasteiger partial charge in [-0.15, -0.1) is 11.8 Å². The van der Waals surface area contributed by atoms with Crippen LogP contribution in [-0.2, 0) is 33.2 Å². The number of carbonyl (C=O) groups is 3. The van der Waals surface area contributed by atoms with Crippen LogP contribution >= 0.6 is 43.2 Å². The number of carbonyl (C=O) groups excluding carboxylic acids is 3. The van der Waals surface area contributed by atoms with Gasteiger partial charge in [-0.05, 0) is 72.2 Å². The molecule has 65 heavy (non-hydrogen) atoms. The van der Waals surface area contributed by atoms with Crippen molar-refractivity contribution in [1.29, 1.82) is 0 Å². The molecule has 2 bridgehead atoms. The number of ether oxygens (including phenoxy) is 6. The summed E-state index contributed by atoms with van der Waals surface area (Å²) in [5.74, 6) is 10.6. The van der Waals surface area contributed by atoms with Crippen molar-refractivity contribution < 1.29 is 58.1 Å². The fraction of sp³-hybridized carbons (Fsp3) is 0.467. The van der Waals surface area contributed by atoms with Crippen molar-refractivity contribution in [2.24, 2.45) is 0 Å². The Bertz CT molecular complexity index is 2530. The SMILES string of the molecule is CCN[C@H]1CO[C@@H](O[C@H]2[C@H](O[C@H]3C#C/C=C/C#C[C@]4(O)CC(=O)C(NC(=O)OC)=C3/C4=C/CSSSC)O[C@H](C)[C@@](SC)(C(=O)c3nccc4c3[nH]c3ccc(O)cc34)[C@@H]2O)C[C@@H]1OC. The first-order valence-corrected chi connectivity index (χ1v) is 25.9. The molecule has 1 aromatic carbocycles. The average molecular weight is 967 g/mol. The van der Waals surface area contributed by atoms with Gasteiger partial charge in [0.2, 0.25) is 5.78 Å². The molecule has 2 aliphatic heterocycles. The van der Waals surface area contributed by atoms with Gasteiger partial charge in [0.1, 0.15) is 34.5 Å². The van der Waals surface area contributed by atoms with E-state index in [1.165, 1.54) is 55.8 Å². The summed E-state index contributed by atoms with van der Waals surface area (Å²) in [4.78, 5) is 50.0. The highest BCUT2D eigenvalue weighted by Gasteiger charge is 2.61. The molecule has 20 heteroatoms. The van der Waals surface area contributed by atoms with E-state index in [1.54, 1.807) is 44.6 Å². The Kier molecular flexibility index (Phi) is 16.0. The summed E-state index contributed by atoms with van der Waals surface area (Å²) in [5.41, 5.74) is -1.06. The molecule has 7 rings (SSSR count). The number of H-pyrrole nitrogens is 1. The van der Waals surface area contributed by atoms with Gasteiger partial charge in [0.15, 0.2) is 24.0 Å². The van der Waals surface area contributed by atoms with E-state index in [1.807, 2.05) is 13.2 Å². The maximum absolute atomic E-state index is 15.3. The molecular weight excluding hydrogens is 917 g/mol. The summed E-state index contributed by atoms with van der Waals surface area (Å²) in [6.07, 6.45) is -0.241. The predicted octanol–water partition coefficient (Wildman–Crippen LogP) is 4.80. The van der Waals surface area contributed by atoms with Crippen LogP contribution in [0.1, 0.15) is 37.2 Å². The Hall–Kier alpha value is -4.00. The number of nitrogens with zero attached hydrogens (tertiary/aromatic N) is 1. The number of aliphatic hydroxyl groups excluding tert-OH is 1. The second-order valence-corrected chi connectivity index (χ2v) is 20.8. The lowest BCUT2D eigenvalue weighted by Gasteiger charge is -2.51. The van der Waals surface area contributed by atoms with Crippen LogP contribution in [0, 0.1) is 23.7 Å². The molecule has 3 aromatic rings. The van der Waals surface area contributed by atoms with Crippen LogP contribution in [-0.4, -0.2) is 148 Å². The maximum Gasteiger partial charge on any atom is 0.411 e. The van der Waals surface area contributed by atoms with Crippen molar-refractivity contribution in [3.8, 4) is 29.4 Å². The zero-order valence-corrected chi connectivity index (χ0v) is 39.6.